The lowest BCUT2D eigenvalue weighted by Crippen LogP contribution is -1.94. The molecule has 0 spiro atoms. The zero-order valence-electron chi connectivity index (χ0n) is 11.3. The van der Waals surface area contributed by atoms with Crippen molar-refractivity contribution in [2.24, 2.45) is 0 Å². The fourth-order valence-corrected chi connectivity index (χ4v) is 2.06. The first-order valence-corrected chi connectivity index (χ1v) is 6.38. The van der Waals surface area contributed by atoms with Gasteiger partial charge in [-0.25, -0.2) is 0 Å². The Morgan fingerprint density at radius 3 is 2.82 bits per heavy atom. The monoisotopic (exact) mass is 291 g/mol. The van der Waals surface area contributed by atoms with Crippen LogP contribution in [0.1, 0.15) is 5.56 Å². The fraction of sp³-hybridized carbons (Fsp3) is 0. The van der Waals surface area contributed by atoms with Gasteiger partial charge in [-0.15, -0.1) is 0 Å². The molecule has 0 amide bonds. The first-order valence-electron chi connectivity index (χ1n) is 6.38. The van der Waals surface area contributed by atoms with Gasteiger partial charge in [0.25, 0.3) is 0 Å². The molecule has 0 unspecified atom stereocenters. The largest absolute Gasteiger partial charge is 0.450 e. The van der Waals surface area contributed by atoms with Crippen molar-refractivity contribution in [3.05, 3.63) is 70.4 Å². The summed E-state index contributed by atoms with van der Waals surface area (Å²) in [6.07, 6.45) is 1.69. The van der Waals surface area contributed by atoms with Crippen molar-refractivity contribution < 1.29 is 9.66 Å². The van der Waals surface area contributed by atoms with Crippen LogP contribution in [0.25, 0.3) is 10.9 Å². The highest BCUT2D eigenvalue weighted by Crippen LogP contribution is 2.33. The summed E-state index contributed by atoms with van der Waals surface area (Å²) in [6, 6.07) is 14.9. The second kappa shape index (κ2) is 5.50. The third kappa shape index (κ3) is 2.55. The van der Waals surface area contributed by atoms with E-state index in [0.717, 1.165) is 10.9 Å². The first kappa shape index (κ1) is 13.5. The minimum absolute atomic E-state index is 0.0900. The van der Waals surface area contributed by atoms with E-state index in [1.54, 1.807) is 30.5 Å². The third-order valence-corrected chi connectivity index (χ3v) is 3.09. The Bertz CT molecular complexity index is 916. The van der Waals surface area contributed by atoms with Crippen molar-refractivity contribution in [1.29, 1.82) is 5.26 Å². The molecule has 0 aliphatic heterocycles. The minimum Gasteiger partial charge on any atom is -0.450 e. The van der Waals surface area contributed by atoms with Crippen LogP contribution in [-0.4, -0.2) is 9.91 Å². The van der Waals surface area contributed by atoms with E-state index in [1.165, 1.54) is 18.2 Å². The Balaban J connectivity index is 2.01. The summed E-state index contributed by atoms with van der Waals surface area (Å²) in [5, 5.41) is 20.8. The molecule has 0 fully saturated rings. The van der Waals surface area contributed by atoms with Gasteiger partial charge in [0.05, 0.1) is 22.1 Å². The lowest BCUT2D eigenvalue weighted by Gasteiger charge is -2.07. The van der Waals surface area contributed by atoms with Gasteiger partial charge < -0.3 is 4.74 Å². The van der Waals surface area contributed by atoms with Crippen molar-refractivity contribution >= 4 is 16.6 Å². The summed E-state index contributed by atoms with van der Waals surface area (Å²) < 4.78 is 5.60. The predicted octanol–water partition coefficient (Wildman–Crippen LogP) is 3.81. The van der Waals surface area contributed by atoms with Gasteiger partial charge in [-0.3, -0.25) is 15.1 Å². The lowest BCUT2D eigenvalue weighted by atomic mass is 10.2. The van der Waals surface area contributed by atoms with Crippen LogP contribution >= 0.6 is 0 Å². The Morgan fingerprint density at radius 1 is 1.18 bits per heavy atom. The highest BCUT2D eigenvalue weighted by molar-refractivity contribution is 5.79. The molecule has 0 bridgehead atoms. The summed E-state index contributed by atoms with van der Waals surface area (Å²) in [7, 11) is 0. The van der Waals surface area contributed by atoms with Gasteiger partial charge in [-0.05, 0) is 36.4 Å². The van der Waals surface area contributed by atoms with Gasteiger partial charge in [0.15, 0.2) is 0 Å². The van der Waals surface area contributed by atoms with Gasteiger partial charge in [-0.2, -0.15) is 5.26 Å². The van der Waals surface area contributed by atoms with E-state index in [4.69, 9.17) is 10.00 Å². The molecule has 106 valence electrons. The normalized spacial score (nSPS) is 10.1. The molecule has 0 atom stereocenters. The number of hydrogen-bond donors (Lipinski definition) is 0. The van der Waals surface area contributed by atoms with E-state index in [-0.39, 0.29) is 17.0 Å². The number of pyridine rings is 1. The number of rotatable bonds is 3. The number of aromatic nitrogens is 1. The first-order chi connectivity index (χ1) is 10.7. The van der Waals surface area contributed by atoms with E-state index in [1.807, 2.05) is 12.1 Å². The maximum Gasteiger partial charge on any atom is 0.312 e. The maximum absolute atomic E-state index is 11.1. The molecule has 0 N–H and O–H groups in total. The molecule has 0 saturated heterocycles. The number of nitro groups is 1. The standard InChI is InChI=1S/C16H9N3O3/c17-10-11-3-6-16(15(8-11)19(20)21)22-13-4-5-14-12(9-13)2-1-7-18-14/h1-9H. The number of ether oxygens (including phenoxy) is 1. The Morgan fingerprint density at radius 2 is 2.05 bits per heavy atom. The van der Waals surface area contributed by atoms with Gasteiger partial charge in [-0.1, -0.05) is 6.07 Å². The second-order valence-corrected chi connectivity index (χ2v) is 4.51. The topological polar surface area (TPSA) is 89.0 Å². The van der Waals surface area contributed by atoms with Crippen LogP contribution in [0.3, 0.4) is 0 Å². The highest BCUT2D eigenvalue weighted by atomic mass is 16.6. The number of benzene rings is 2. The molecule has 0 saturated carbocycles. The molecule has 1 aromatic heterocycles. The van der Waals surface area contributed by atoms with Crippen LogP contribution in [0, 0.1) is 21.4 Å². The van der Waals surface area contributed by atoms with Crippen LogP contribution in [0.15, 0.2) is 54.7 Å². The average Bonchev–Trinajstić information content (AvgIpc) is 2.55. The Kier molecular flexibility index (Phi) is 3.38. The van der Waals surface area contributed by atoms with Crippen molar-refractivity contribution in [2.45, 2.75) is 0 Å². The summed E-state index contributed by atoms with van der Waals surface area (Å²) >= 11 is 0. The summed E-state index contributed by atoms with van der Waals surface area (Å²) in [4.78, 5) is 14.7. The molecule has 3 aromatic rings. The van der Waals surface area contributed by atoms with Crippen molar-refractivity contribution in [1.82, 2.24) is 4.98 Å². The SMILES string of the molecule is N#Cc1ccc(Oc2ccc3ncccc3c2)c([N+](=O)[O-])c1. The molecule has 22 heavy (non-hydrogen) atoms. The molecule has 0 aliphatic rings. The van der Waals surface area contributed by atoms with E-state index >= 15 is 0 Å². The summed E-state index contributed by atoms with van der Waals surface area (Å²) in [6.45, 7) is 0. The Labute approximate surface area is 125 Å². The molecule has 6 nitrogen and oxygen atoms in total. The maximum atomic E-state index is 11.1. The molecular formula is C16H9N3O3. The van der Waals surface area contributed by atoms with E-state index in [9.17, 15) is 10.1 Å². The zero-order valence-corrected chi connectivity index (χ0v) is 11.3. The van der Waals surface area contributed by atoms with Crippen LogP contribution in [0.2, 0.25) is 0 Å². The van der Waals surface area contributed by atoms with Crippen LogP contribution < -0.4 is 4.74 Å². The molecule has 6 heteroatoms. The predicted molar refractivity (Wildman–Crippen MR) is 79.6 cm³/mol. The quantitative estimate of drug-likeness (QED) is 0.540. The smallest absolute Gasteiger partial charge is 0.312 e. The molecular weight excluding hydrogens is 282 g/mol. The van der Waals surface area contributed by atoms with Crippen LogP contribution in [0.4, 0.5) is 5.69 Å². The Hall–Kier alpha value is -3.46. The molecule has 1 heterocycles. The molecule has 3 rings (SSSR count). The summed E-state index contributed by atoms with van der Waals surface area (Å²) in [5.74, 6) is 0.556. The van der Waals surface area contributed by atoms with Crippen molar-refractivity contribution in [3.63, 3.8) is 0 Å². The lowest BCUT2D eigenvalue weighted by molar-refractivity contribution is -0.385. The number of nitro benzene ring substituents is 1. The minimum atomic E-state index is -0.571. The summed E-state index contributed by atoms with van der Waals surface area (Å²) in [5.41, 5.74) is 0.774. The average molecular weight is 291 g/mol. The van der Waals surface area contributed by atoms with Gasteiger partial charge >= 0.3 is 5.69 Å². The molecule has 0 radical (unpaired) electrons. The number of hydrogen-bond acceptors (Lipinski definition) is 5. The second-order valence-electron chi connectivity index (χ2n) is 4.51. The highest BCUT2D eigenvalue weighted by Gasteiger charge is 2.17. The van der Waals surface area contributed by atoms with Crippen LogP contribution in [-0.2, 0) is 0 Å². The fourth-order valence-electron chi connectivity index (χ4n) is 2.06. The van der Waals surface area contributed by atoms with Crippen LogP contribution in [0.5, 0.6) is 11.5 Å². The van der Waals surface area contributed by atoms with Gasteiger partial charge in [0, 0.05) is 17.6 Å². The van der Waals surface area contributed by atoms with Crippen molar-refractivity contribution in [3.8, 4) is 17.6 Å². The zero-order chi connectivity index (χ0) is 15.5. The molecule has 2 aromatic carbocycles. The third-order valence-electron chi connectivity index (χ3n) is 3.09. The van der Waals surface area contributed by atoms with E-state index in [2.05, 4.69) is 4.98 Å². The number of nitriles is 1. The van der Waals surface area contributed by atoms with Gasteiger partial charge in [0.1, 0.15) is 5.75 Å². The van der Waals surface area contributed by atoms with E-state index in [0.29, 0.717) is 5.75 Å². The number of nitrogens with zero attached hydrogens (tertiary/aromatic N) is 3. The van der Waals surface area contributed by atoms with Crippen molar-refractivity contribution in [2.75, 3.05) is 0 Å². The van der Waals surface area contributed by atoms with Gasteiger partial charge in [0.2, 0.25) is 5.75 Å². The van der Waals surface area contributed by atoms with E-state index < -0.39 is 4.92 Å². The molecule has 0 aliphatic carbocycles. The number of fused-ring (bicyclic) bond motifs is 1.